The topological polar surface area (TPSA) is 95.5 Å². The Morgan fingerprint density at radius 3 is 2.41 bits per heavy atom. The Morgan fingerprint density at radius 2 is 1.72 bits per heavy atom. The number of amides is 2. The lowest BCUT2D eigenvalue weighted by atomic mass is 9.79. The number of hydrogen-bond donors (Lipinski definition) is 3. The lowest BCUT2D eigenvalue weighted by molar-refractivity contribution is -0.145. The first kappa shape index (κ1) is 28.0. The van der Waals surface area contributed by atoms with Crippen molar-refractivity contribution in [3.63, 3.8) is 0 Å². The summed E-state index contributed by atoms with van der Waals surface area (Å²) in [6.45, 7) is 5.59. The molecule has 7 heteroatoms. The number of carbonyl (C=O) groups excluding carboxylic acids is 2. The predicted molar refractivity (Wildman–Crippen MR) is 151 cm³/mol. The van der Waals surface area contributed by atoms with Gasteiger partial charge in [0.15, 0.2) is 0 Å². The Morgan fingerprint density at radius 1 is 0.974 bits per heavy atom. The predicted octanol–water partition coefficient (Wildman–Crippen LogP) is 7.26. The number of halogens is 1. The van der Waals surface area contributed by atoms with Crippen LogP contribution in [-0.4, -0.2) is 22.9 Å². The number of anilines is 2. The number of hydrogen-bond acceptors (Lipinski definition) is 3. The fourth-order valence-electron chi connectivity index (χ4n) is 5.25. The van der Waals surface area contributed by atoms with Crippen LogP contribution in [0.5, 0.6) is 0 Å². The van der Waals surface area contributed by atoms with Crippen LogP contribution in [0.15, 0.2) is 60.7 Å². The molecule has 204 valence electrons. The molecule has 3 aromatic carbocycles. The zero-order valence-electron chi connectivity index (χ0n) is 22.6. The monoisotopic (exact) mass is 530 g/mol. The van der Waals surface area contributed by atoms with Crippen molar-refractivity contribution in [2.24, 2.45) is 17.8 Å². The molecule has 0 saturated heterocycles. The highest BCUT2D eigenvalue weighted by Gasteiger charge is 2.27. The van der Waals surface area contributed by atoms with Gasteiger partial charge in [-0.05, 0) is 90.1 Å². The molecule has 1 aliphatic rings. The summed E-state index contributed by atoms with van der Waals surface area (Å²) in [5, 5.41) is 14.7. The Bertz CT molecular complexity index is 1380. The SMILES string of the molecule is Cc1cccc(NC(=O)Nc2ccc(-c3ccc4c(c3)CCC(CC(=O)C[C@H](C(=O)O)C(C)C)C4)cc2F)c1. The number of benzene rings is 3. The van der Waals surface area contributed by atoms with Crippen LogP contribution < -0.4 is 10.6 Å². The molecule has 0 radical (unpaired) electrons. The summed E-state index contributed by atoms with van der Waals surface area (Å²) in [5.41, 5.74) is 5.69. The van der Waals surface area contributed by atoms with Crippen LogP contribution in [0.25, 0.3) is 11.1 Å². The van der Waals surface area contributed by atoms with Crippen LogP contribution in [0.1, 0.15) is 49.8 Å². The van der Waals surface area contributed by atoms with Crippen molar-refractivity contribution in [2.45, 2.75) is 52.9 Å². The van der Waals surface area contributed by atoms with E-state index in [1.54, 1.807) is 18.2 Å². The first-order valence-electron chi connectivity index (χ1n) is 13.4. The number of aliphatic carboxylic acids is 1. The largest absolute Gasteiger partial charge is 0.481 e. The molecule has 2 amide bonds. The highest BCUT2D eigenvalue weighted by atomic mass is 19.1. The van der Waals surface area contributed by atoms with Crippen LogP contribution in [-0.2, 0) is 22.4 Å². The Labute approximate surface area is 228 Å². The molecule has 1 aliphatic carbocycles. The maximum atomic E-state index is 14.9. The number of ketones is 1. The van der Waals surface area contributed by atoms with E-state index in [0.29, 0.717) is 17.7 Å². The number of nitrogens with one attached hydrogen (secondary N) is 2. The molecule has 0 heterocycles. The second-order valence-electron chi connectivity index (χ2n) is 10.9. The molecule has 2 atom stereocenters. The minimum Gasteiger partial charge on any atom is -0.481 e. The Kier molecular flexibility index (Phi) is 8.79. The van der Waals surface area contributed by atoms with Gasteiger partial charge in [0.1, 0.15) is 11.6 Å². The van der Waals surface area contributed by atoms with E-state index in [2.05, 4.69) is 16.7 Å². The lowest BCUT2D eigenvalue weighted by Crippen LogP contribution is -2.25. The van der Waals surface area contributed by atoms with E-state index in [9.17, 15) is 23.9 Å². The molecule has 0 aliphatic heterocycles. The van der Waals surface area contributed by atoms with Gasteiger partial charge in [0.25, 0.3) is 0 Å². The van der Waals surface area contributed by atoms with Crippen LogP contribution >= 0.6 is 0 Å². The first-order valence-corrected chi connectivity index (χ1v) is 13.4. The van der Waals surface area contributed by atoms with Crippen molar-refractivity contribution in [3.05, 3.63) is 83.2 Å². The fourth-order valence-corrected chi connectivity index (χ4v) is 5.25. The third-order valence-electron chi connectivity index (χ3n) is 7.45. The summed E-state index contributed by atoms with van der Waals surface area (Å²) in [6, 6.07) is 17.7. The summed E-state index contributed by atoms with van der Waals surface area (Å²) in [7, 11) is 0. The molecule has 39 heavy (non-hydrogen) atoms. The minimum absolute atomic E-state index is 0.0120. The normalized spacial score (nSPS) is 15.4. The van der Waals surface area contributed by atoms with Crippen LogP contribution in [0.4, 0.5) is 20.6 Å². The smallest absolute Gasteiger partial charge is 0.323 e. The van der Waals surface area contributed by atoms with Gasteiger partial charge < -0.3 is 15.7 Å². The highest BCUT2D eigenvalue weighted by molar-refractivity contribution is 6.00. The molecule has 0 aromatic heterocycles. The Hall–Kier alpha value is -4.00. The van der Waals surface area contributed by atoms with Gasteiger partial charge >= 0.3 is 12.0 Å². The highest BCUT2D eigenvalue weighted by Crippen LogP contribution is 2.33. The van der Waals surface area contributed by atoms with E-state index < -0.39 is 23.7 Å². The molecule has 1 unspecified atom stereocenters. The number of Topliss-reactive ketones (excluding diaryl/α,β-unsaturated/α-hetero) is 1. The number of carboxylic acid groups (broad SMARTS) is 1. The third kappa shape index (κ3) is 7.31. The average molecular weight is 531 g/mol. The number of aryl methyl sites for hydroxylation is 2. The quantitative estimate of drug-likeness (QED) is 0.271. The first-order chi connectivity index (χ1) is 18.6. The molecule has 0 bridgehead atoms. The number of carbonyl (C=O) groups is 3. The second-order valence-corrected chi connectivity index (χ2v) is 10.9. The minimum atomic E-state index is -0.911. The zero-order valence-corrected chi connectivity index (χ0v) is 22.6. The summed E-state index contributed by atoms with van der Waals surface area (Å²) < 4.78 is 14.9. The molecule has 0 spiro atoms. The summed E-state index contributed by atoms with van der Waals surface area (Å²) in [6.07, 6.45) is 2.92. The standard InChI is InChI=1S/C32H35FN2O4/c1-19(2)28(31(37)38)18-27(36)15-21-7-8-23-16-24(10-9-22(23)14-21)25-11-12-30(29(33)17-25)35-32(39)34-26-6-4-5-20(3)13-26/h4-6,9-13,16-17,19,21,28H,7-8,14-15,18H2,1-3H3,(H,37,38)(H2,34,35,39)/t21?,28-/m0/s1. The molecule has 4 rings (SSSR count). The molecule has 3 aromatic rings. The third-order valence-corrected chi connectivity index (χ3v) is 7.45. The van der Waals surface area contributed by atoms with E-state index in [4.69, 9.17) is 0 Å². The van der Waals surface area contributed by atoms with E-state index in [1.165, 1.54) is 17.2 Å². The number of carboxylic acids is 1. The number of fused-ring (bicyclic) bond motifs is 1. The van der Waals surface area contributed by atoms with Gasteiger partial charge in [0.05, 0.1) is 11.6 Å². The molecule has 0 saturated carbocycles. The summed E-state index contributed by atoms with van der Waals surface area (Å²) in [4.78, 5) is 36.4. The summed E-state index contributed by atoms with van der Waals surface area (Å²) in [5.74, 6) is -1.94. The number of urea groups is 1. The van der Waals surface area contributed by atoms with Gasteiger partial charge in [-0.25, -0.2) is 9.18 Å². The maximum Gasteiger partial charge on any atom is 0.323 e. The second kappa shape index (κ2) is 12.2. The van der Waals surface area contributed by atoms with Gasteiger partial charge in [-0.3, -0.25) is 9.59 Å². The van der Waals surface area contributed by atoms with Crippen molar-refractivity contribution in [1.82, 2.24) is 0 Å². The van der Waals surface area contributed by atoms with E-state index in [0.717, 1.165) is 30.4 Å². The van der Waals surface area contributed by atoms with Gasteiger partial charge in [-0.1, -0.05) is 50.2 Å². The molecule has 0 fully saturated rings. The maximum absolute atomic E-state index is 14.9. The zero-order chi connectivity index (χ0) is 28.1. The van der Waals surface area contributed by atoms with Crippen molar-refractivity contribution < 1.29 is 23.9 Å². The average Bonchev–Trinajstić information content (AvgIpc) is 2.87. The van der Waals surface area contributed by atoms with Crippen LogP contribution in [0.3, 0.4) is 0 Å². The lowest BCUT2D eigenvalue weighted by Gasteiger charge is -2.25. The molecular formula is C32H35FN2O4. The van der Waals surface area contributed by atoms with E-state index >= 15 is 0 Å². The van der Waals surface area contributed by atoms with Crippen molar-refractivity contribution in [2.75, 3.05) is 10.6 Å². The fraction of sp³-hybridized carbons (Fsp3) is 0.344. The Balaban J connectivity index is 1.37. The molecule has 3 N–H and O–H groups in total. The van der Waals surface area contributed by atoms with Crippen molar-refractivity contribution >= 4 is 29.2 Å². The van der Waals surface area contributed by atoms with Gasteiger partial charge in [0.2, 0.25) is 0 Å². The molecular weight excluding hydrogens is 495 g/mol. The van der Waals surface area contributed by atoms with Crippen molar-refractivity contribution in [1.29, 1.82) is 0 Å². The number of rotatable bonds is 9. The summed E-state index contributed by atoms with van der Waals surface area (Å²) >= 11 is 0. The molecule has 6 nitrogen and oxygen atoms in total. The van der Waals surface area contributed by atoms with E-state index in [-0.39, 0.29) is 29.7 Å². The van der Waals surface area contributed by atoms with Gasteiger partial charge in [0, 0.05) is 18.5 Å². The van der Waals surface area contributed by atoms with Crippen LogP contribution in [0.2, 0.25) is 0 Å². The van der Waals surface area contributed by atoms with Crippen molar-refractivity contribution in [3.8, 4) is 11.1 Å². The van der Waals surface area contributed by atoms with Gasteiger partial charge in [-0.2, -0.15) is 0 Å². The van der Waals surface area contributed by atoms with Gasteiger partial charge in [-0.15, -0.1) is 0 Å². The van der Waals surface area contributed by atoms with E-state index in [1.807, 2.05) is 51.1 Å². The van der Waals surface area contributed by atoms with Crippen LogP contribution in [0, 0.1) is 30.5 Å².